The molecule has 0 saturated carbocycles. The number of halogens is 6. The zero-order valence-electron chi connectivity index (χ0n) is 20.0. The number of carbonyl (C=O) groups is 2. The van der Waals surface area contributed by atoms with Crippen LogP contribution in [-0.2, 0) is 6.18 Å². The lowest BCUT2D eigenvalue weighted by atomic mass is 9.94. The van der Waals surface area contributed by atoms with Gasteiger partial charge in [-0.3, -0.25) is 14.6 Å². The summed E-state index contributed by atoms with van der Waals surface area (Å²) >= 11 is 6.29. The van der Waals surface area contributed by atoms with Crippen LogP contribution in [-0.4, -0.2) is 16.8 Å². The maximum Gasteiger partial charge on any atom is 0.416 e. The van der Waals surface area contributed by atoms with Gasteiger partial charge in [-0.2, -0.15) is 13.2 Å². The summed E-state index contributed by atoms with van der Waals surface area (Å²) in [5.41, 5.74) is -0.622. The van der Waals surface area contributed by atoms with Gasteiger partial charge in [0.25, 0.3) is 11.8 Å². The molecule has 2 amide bonds. The highest BCUT2D eigenvalue weighted by molar-refractivity contribution is 6.31. The van der Waals surface area contributed by atoms with Crippen molar-refractivity contribution in [2.75, 3.05) is 5.32 Å². The third-order valence-corrected chi connectivity index (χ3v) is 6.37. The lowest BCUT2D eigenvalue weighted by Gasteiger charge is -2.18. The molecule has 11 heteroatoms. The van der Waals surface area contributed by atoms with E-state index in [1.165, 1.54) is 30.6 Å². The Balaban J connectivity index is 1.63. The number of anilines is 1. The van der Waals surface area contributed by atoms with Crippen molar-refractivity contribution in [3.8, 4) is 11.8 Å². The number of hydrogen-bond donors (Lipinski definition) is 2. The van der Waals surface area contributed by atoms with Crippen molar-refractivity contribution in [2.24, 2.45) is 0 Å². The van der Waals surface area contributed by atoms with Gasteiger partial charge in [0.2, 0.25) is 0 Å². The summed E-state index contributed by atoms with van der Waals surface area (Å²) in [6, 6.07) is 10.2. The molecule has 1 aliphatic heterocycles. The van der Waals surface area contributed by atoms with Crippen LogP contribution in [0.4, 0.5) is 27.6 Å². The summed E-state index contributed by atoms with van der Waals surface area (Å²) in [4.78, 5) is 30.0. The standard InChI is InChI=1S/C29H15ClF5N3O2/c30-23-4-3-19(31)14-21(23)26-25-22(28(40)38-26)9-16(2-1-15-5-7-36-8-6-15)10-24(25)37-27(39)17-11-18(29(33,34)35)13-20(32)12-17/h3-14,26H,(H,37,39)(H,38,40). The van der Waals surface area contributed by atoms with Gasteiger partial charge in [-0.05, 0) is 60.7 Å². The smallest absolute Gasteiger partial charge is 0.341 e. The van der Waals surface area contributed by atoms with E-state index in [4.69, 9.17) is 11.6 Å². The number of nitrogens with zero attached hydrogens (tertiary/aromatic N) is 1. The summed E-state index contributed by atoms with van der Waals surface area (Å²) in [5.74, 6) is 2.22. The highest BCUT2D eigenvalue weighted by atomic mass is 35.5. The third kappa shape index (κ3) is 5.51. The molecule has 0 fully saturated rings. The van der Waals surface area contributed by atoms with Gasteiger partial charge in [0.1, 0.15) is 11.6 Å². The number of carbonyl (C=O) groups excluding carboxylic acids is 2. The van der Waals surface area contributed by atoms with E-state index in [1.54, 1.807) is 12.1 Å². The predicted octanol–water partition coefficient (Wildman–Crippen LogP) is 6.52. The Kier molecular flexibility index (Phi) is 7.00. The Bertz CT molecular complexity index is 1730. The van der Waals surface area contributed by atoms with E-state index in [2.05, 4.69) is 27.5 Å². The van der Waals surface area contributed by atoms with Crippen molar-refractivity contribution in [3.63, 3.8) is 0 Å². The second-order valence-electron chi connectivity index (χ2n) is 8.72. The van der Waals surface area contributed by atoms with E-state index in [0.29, 0.717) is 17.7 Å². The van der Waals surface area contributed by atoms with Gasteiger partial charge in [-0.25, -0.2) is 8.78 Å². The molecular weight excluding hydrogens is 553 g/mol. The number of aromatic nitrogens is 1. The van der Waals surface area contributed by atoms with Crippen LogP contribution in [0.15, 0.2) is 73.1 Å². The monoisotopic (exact) mass is 567 g/mol. The number of alkyl halides is 3. The molecule has 200 valence electrons. The van der Waals surface area contributed by atoms with Crippen LogP contribution in [0.5, 0.6) is 0 Å². The largest absolute Gasteiger partial charge is 0.416 e. The average Bonchev–Trinajstić information content (AvgIpc) is 3.25. The van der Waals surface area contributed by atoms with Gasteiger partial charge < -0.3 is 10.6 Å². The molecule has 4 aromatic rings. The fraction of sp³-hybridized carbons (Fsp3) is 0.0690. The molecule has 0 saturated heterocycles. The highest BCUT2D eigenvalue weighted by Crippen LogP contribution is 2.40. The van der Waals surface area contributed by atoms with Gasteiger partial charge in [0, 0.05) is 56.5 Å². The normalized spacial score (nSPS) is 14.2. The quantitative estimate of drug-likeness (QED) is 0.219. The van der Waals surface area contributed by atoms with Crippen LogP contribution in [0, 0.1) is 23.5 Å². The fourth-order valence-corrected chi connectivity index (χ4v) is 4.46. The lowest BCUT2D eigenvalue weighted by molar-refractivity contribution is -0.137. The molecule has 1 aromatic heterocycles. The van der Waals surface area contributed by atoms with Crippen molar-refractivity contribution >= 4 is 29.1 Å². The molecule has 0 spiro atoms. The highest BCUT2D eigenvalue weighted by Gasteiger charge is 2.35. The molecule has 1 aliphatic rings. The molecule has 0 aliphatic carbocycles. The minimum Gasteiger partial charge on any atom is -0.341 e. The first-order valence-corrected chi connectivity index (χ1v) is 11.9. The van der Waals surface area contributed by atoms with Gasteiger partial charge in [0.15, 0.2) is 0 Å². The minimum atomic E-state index is -4.89. The molecule has 5 rings (SSSR count). The van der Waals surface area contributed by atoms with E-state index in [-0.39, 0.29) is 39.0 Å². The Morgan fingerprint density at radius 1 is 0.925 bits per heavy atom. The van der Waals surface area contributed by atoms with E-state index >= 15 is 0 Å². The van der Waals surface area contributed by atoms with E-state index in [1.807, 2.05) is 0 Å². The molecule has 0 radical (unpaired) electrons. The van der Waals surface area contributed by atoms with Crippen molar-refractivity contribution < 1.29 is 31.5 Å². The molecular formula is C29H15ClF5N3O2. The first-order valence-electron chi connectivity index (χ1n) is 11.5. The molecule has 3 aromatic carbocycles. The Labute approximate surface area is 229 Å². The summed E-state index contributed by atoms with van der Waals surface area (Å²) in [6.45, 7) is 0. The van der Waals surface area contributed by atoms with Gasteiger partial charge >= 0.3 is 6.18 Å². The maximum absolute atomic E-state index is 14.1. The Hall–Kier alpha value is -4.75. The molecule has 5 nitrogen and oxygen atoms in total. The van der Waals surface area contributed by atoms with Crippen LogP contribution in [0.2, 0.25) is 5.02 Å². The van der Waals surface area contributed by atoms with E-state index < -0.39 is 46.8 Å². The molecule has 2 heterocycles. The number of pyridine rings is 1. The zero-order valence-corrected chi connectivity index (χ0v) is 20.8. The topological polar surface area (TPSA) is 71.1 Å². The number of hydrogen-bond acceptors (Lipinski definition) is 3. The van der Waals surface area contributed by atoms with Crippen LogP contribution in [0.1, 0.15) is 54.6 Å². The number of amides is 2. The Morgan fingerprint density at radius 2 is 1.65 bits per heavy atom. The van der Waals surface area contributed by atoms with Gasteiger partial charge in [-0.15, -0.1) is 0 Å². The number of benzene rings is 3. The maximum atomic E-state index is 14.1. The minimum absolute atomic E-state index is 0.0111. The molecule has 1 atom stereocenters. The lowest BCUT2D eigenvalue weighted by Crippen LogP contribution is -2.21. The van der Waals surface area contributed by atoms with E-state index in [9.17, 15) is 31.5 Å². The molecule has 2 N–H and O–H groups in total. The van der Waals surface area contributed by atoms with Crippen LogP contribution < -0.4 is 10.6 Å². The van der Waals surface area contributed by atoms with E-state index in [0.717, 1.165) is 12.1 Å². The number of nitrogens with one attached hydrogen (secondary N) is 2. The molecule has 40 heavy (non-hydrogen) atoms. The fourth-order valence-electron chi connectivity index (χ4n) is 4.24. The van der Waals surface area contributed by atoms with Gasteiger partial charge in [0.05, 0.1) is 11.6 Å². The second kappa shape index (κ2) is 10.4. The van der Waals surface area contributed by atoms with Crippen molar-refractivity contribution in [1.82, 2.24) is 10.3 Å². The zero-order chi connectivity index (χ0) is 28.6. The third-order valence-electron chi connectivity index (χ3n) is 6.02. The van der Waals surface area contributed by atoms with Crippen LogP contribution in [0.25, 0.3) is 0 Å². The number of rotatable bonds is 3. The predicted molar refractivity (Wildman–Crippen MR) is 137 cm³/mol. The summed E-state index contributed by atoms with van der Waals surface area (Å²) in [5, 5.41) is 5.29. The van der Waals surface area contributed by atoms with Gasteiger partial charge in [-0.1, -0.05) is 23.4 Å². The first-order chi connectivity index (χ1) is 19.0. The number of fused-ring (bicyclic) bond motifs is 1. The van der Waals surface area contributed by atoms with Crippen molar-refractivity contribution in [3.05, 3.63) is 129 Å². The first kappa shape index (κ1) is 26.8. The van der Waals surface area contributed by atoms with Crippen molar-refractivity contribution in [2.45, 2.75) is 12.2 Å². The van der Waals surface area contributed by atoms with Crippen molar-refractivity contribution in [1.29, 1.82) is 0 Å². The summed E-state index contributed by atoms with van der Waals surface area (Å²) in [7, 11) is 0. The van der Waals surface area contributed by atoms with Crippen LogP contribution in [0.3, 0.4) is 0 Å². The summed E-state index contributed by atoms with van der Waals surface area (Å²) in [6.07, 6.45) is -1.82. The molecule has 0 bridgehead atoms. The van der Waals surface area contributed by atoms with Crippen LogP contribution >= 0.6 is 11.6 Å². The Morgan fingerprint density at radius 3 is 2.38 bits per heavy atom. The average molecular weight is 568 g/mol. The SMILES string of the molecule is O=C(Nc1cc(C#Cc2ccncc2)cc2c1C(c1cc(F)ccc1Cl)NC2=O)c1cc(F)cc(C(F)(F)F)c1. The second-order valence-corrected chi connectivity index (χ2v) is 9.13. The molecule has 1 unspecified atom stereocenters. The summed E-state index contributed by atoms with van der Waals surface area (Å²) < 4.78 is 67.8.